The van der Waals surface area contributed by atoms with E-state index in [0.717, 1.165) is 11.0 Å². The van der Waals surface area contributed by atoms with Gasteiger partial charge in [0.2, 0.25) is 0 Å². The van der Waals surface area contributed by atoms with Gasteiger partial charge in [-0.25, -0.2) is 4.42 Å². The zero-order chi connectivity index (χ0) is 10.8. The SMILES string of the molecule is c1ccc(-c2ccc3[o+]cccc3c2)cc1. The highest BCUT2D eigenvalue weighted by Crippen LogP contribution is 2.23. The van der Waals surface area contributed by atoms with Gasteiger partial charge in [-0.2, -0.15) is 0 Å². The van der Waals surface area contributed by atoms with Crippen molar-refractivity contribution in [3.8, 4) is 11.1 Å². The van der Waals surface area contributed by atoms with Gasteiger partial charge in [-0.05, 0) is 29.3 Å². The molecule has 0 bridgehead atoms. The van der Waals surface area contributed by atoms with Crippen molar-refractivity contribution in [1.29, 1.82) is 0 Å². The zero-order valence-electron chi connectivity index (χ0n) is 8.76. The first-order chi connectivity index (χ1) is 7.93. The van der Waals surface area contributed by atoms with E-state index in [1.807, 2.05) is 18.2 Å². The second-order valence-electron chi connectivity index (χ2n) is 3.73. The average Bonchev–Trinajstić information content (AvgIpc) is 2.39. The minimum absolute atomic E-state index is 0.919. The van der Waals surface area contributed by atoms with Crippen molar-refractivity contribution in [3.63, 3.8) is 0 Å². The molecule has 0 amide bonds. The Balaban J connectivity index is 2.19. The Morgan fingerprint density at radius 2 is 1.56 bits per heavy atom. The van der Waals surface area contributed by atoms with Crippen LogP contribution in [0.25, 0.3) is 22.1 Å². The fourth-order valence-electron chi connectivity index (χ4n) is 1.85. The van der Waals surface area contributed by atoms with Gasteiger partial charge in [0.25, 0.3) is 0 Å². The molecule has 1 heterocycles. The second kappa shape index (κ2) is 3.78. The van der Waals surface area contributed by atoms with Crippen LogP contribution in [0.15, 0.2) is 71.3 Å². The lowest BCUT2D eigenvalue weighted by molar-refractivity contribution is 0.604. The summed E-state index contributed by atoms with van der Waals surface area (Å²) >= 11 is 0. The summed E-state index contributed by atoms with van der Waals surface area (Å²) in [6.07, 6.45) is 1.70. The van der Waals surface area contributed by atoms with E-state index >= 15 is 0 Å². The minimum atomic E-state index is 0.919. The number of fused-ring (bicyclic) bond motifs is 1. The predicted molar refractivity (Wildman–Crippen MR) is 66.1 cm³/mol. The summed E-state index contributed by atoms with van der Waals surface area (Å²) in [6, 6.07) is 20.6. The molecule has 0 aliphatic heterocycles. The summed E-state index contributed by atoms with van der Waals surface area (Å²) in [6.45, 7) is 0. The lowest BCUT2D eigenvalue weighted by atomic mass is 10.0. The van der Waals surface area contributed by atoms with E-state index < -0.39 is 0 Å². The highest BCUT2D eigenvalue weighted by molar-refractivity contribution is 5.82. The topological polar surface area (TPSA) is 11.3 Å². The standard InChI is InChI=1S/C15H11O/c1-2-5-12(6-3-1)13-8-9-15-14(11-13)7-4-10-16-15/h1-11H/q+1. The molecule has 3 aromatic rings. The van der Waals surface area contributed by atoms with Crippen molar-refractivity contribution in [3.05, 3.63) is 66.9 Å². The maximum Gasteiger partial charge on any atom is 0.359 e. The van der Waals surface area contributed by atoms with Crippen LogP contribution in [-0.4, -0.2) is 0 Å². The molecular formula is C15H11O+. The molecule has 0 saturated heterocycles. The Morgan fingerprint density at radius 3 is 2.44 bits per heavy atom. The van der Waals surface area contributed by atoms with Crippen molar-refractivity contribution < 1.29 is 4.42 Å². The molecule has 0 unspecified atom stereocenters. The third-order valence-corrected chi connectivity index (χ3v) is 2.67. The van der Waals surface area contributed by atoms with Crippen LogP contribution in [0.5, 0.6) is 0 Å². The van der Waals surface area contributed by atoms with Crippen LogP contribution in [0.4, 0.5) is 0 Å². The summed E-state index contributed by atoms with van der Waals surface area (Å²) in [5.41, 5.74) is 3.37. The van der Waals surface area contributed by atoms with E-state index in [1.165, 1.54) is 11.1 Å². The predicted octanol–water partition coefficient (Wildman–Crippen LogP) is 4.38. The smallest absolute Gasteiger partial charge is 0.216 e. The van der Waals surface area contributed by atoms with E-state index in [-0.39, 0.29) is 0 Å². The Bertz CT molecular complexity index is 614. The molecule has 76 valence electrons. The monoisotopic (exact) mass is 207 g/mol. The summed E-state index contributed by atoms with van der Waals surface area (Å²) in [4.78, 5) is 0. The van der Waals surface area contributed by atoms with Gasteiger partial charge in [0.1, 0.15) is 0 Å². The van der Waals surface area contributed by atoms with Gasteiger partial charge in [-0.3, -0.25) is 0 Å². The highest BCUT2D eigenvalue weighted by Gasteiger charge is 2.05. The van der Waals surface area contributed by atoms with Crippen molar-refractivity contribution in [2.24, 2.45) is 0 Å². The van der Waals surface area contributed by atoms with Crippen LogP contribution >= 0.6 is 0 Å². The highest BCUT2D eigenvalue weighted by atomic mass is 16.3. The number of hydrogen-bond acceptors (Lipinski definition) is 0. The fourth-order valence-corrected chi connectivity index (χ4v) is 1.85. The molecule has 2 aromatic carbocycles. The molecule has 0 atom stereocenters. The lowest BCUT2D eigenvalue weighted by Crippen LogP contribution is -1.77. The maximum atomic E-state index is 5.40. The van der Waals surface area contributed by atoms with Gasteiger partial charge in [-0.15, -0.1) is 0 Å². The molecule has 0 spiro atoms. The Labute approximate surface area is 94.0 Å². The molecule has 0 aliphatic carbocycles. The van der Waals surface area contributed by atoms with Gasteiger partial charge in [-0.1, -0.05) is 30.3 Å². The van der Waals surface area contributed by atoms with Crippen LogP contribution in [0.1, 0.15) is 0 Å². The summed E-state index contributed by atoms with van der Waals surface area (Å²) < 4.78 is 5.40. The molecule has 1 nitrogen and oxygen atoms in total. The minimum Gasteiger partial charge on any atom is -0.216 e. The third kappa shape index (κ3) is 1.57. The van der Waals surface area contributed by atoms with Crippen LogP contribution in [-0.2, 0) is 0 Å². The molecule has 3 rings (SSSR count). The van der Waals surface area contributed by atoms with Crippen LogP contribution in [0.2, 0.25) is 0 Å². The first kappa shape index (κ1) is 9.10. The number of benzene rings is 2. The van der Waals surface area contributed by atoms with Crippen molar-refractivity contribution in [1.82, 2.24) is 0 Å². The normalized spacial score (nSPS) is 10.5. The number of rotatable bonds is 1. The molecule has 1 aromatic heterocycles. The second-order valence-corrected chi connectivity index (χ2v) is 3.73. The zero-order valence-corrected chi connectivity index (χ0v) is 8.76. The van der Waals surface area contributed by atoms with E-state index in [2.05, 4.69) is 42.5 Å². The van der Waals surface area contributed by atoms with Crippen LogP contribution in [0.3, 0.4) is 0 Å². The molecule has 0 fully saturated rings. The van der Waals surface area contributed by atoms with Gasteiger partial charge in [0.05, 0.1) is 5.39 Å². The van der Waals surface area contributed by atoms with E-state index in [9.17, 15) is 0 Å². The van der Waals surface area contributed by atoms with Gasteiger partial charge in [0.15, 0.2) is 0 Å². The van der Waals surface area contributed by atoms with E-state index in [0.29, 0.717) is 0 Å². The van der Waals surface area contributed by atoms with E-state index in [1.54, 1.807) is 6.26 Å². The Hall–Kier alpha value is -2.15. The molecule has 1 heteroatoms. The van der Waals surface area contributed by atoms with Crippen molar-refractivity contribution in [2.45, 2.75) is 0 Å². The molecule has 0 aliphatic rings. The first-order valence-corrected chi connectivity index (χ1v) is 5.29. The number of hydrogen-bond donors (Lipinski definition) is 0. The fraction of sp³-hybridized carbons (Fsp3) is 0. The molecule has 0 radical (unpaired) electrons. The largest absolute Gasteiger partial charge is 0.359 e. The molecule has 16 heavy (non-hydrogen) atoms. The van der Waals surface area contributed by atoms with E-state index in [4.69, 9.17) is 4.42 Å². The quantitative estimate of drug-likeness (QED) is 0.539. The average molecular weight is 207 g/mol. The summed E-state index contributed by atoms with van der Waals surface area (Å²) in [5.74, 6) is 0. The van der Waals surface area contributed by atoms with Crippen molar-refractivity contribution >= 4 is 11.0 Å². The Kier molecular flexibility index (Phi) is 2.15. The summed E-state index contributed by atoms with van der Waals surface area (Å²) in [5, 5.41) is 1.13. The van der Waals surface area contributed by atoms with Gasteiger partial charge >= 0.3 is 11.8 Å². The lowest BCUT2D eigenvalue weighted by Gasteiger charge is -1.99. The molecule has 0 N–H and O–H groups in total. The van der Waals surface area contributed by atoms with Crippen LogP contribution < -0.4 is 0 Å². The molecule has 0 saturated carbocycles. The maximum absolute atomic E-state index is 5.40. The van der Waals surface area contributed by atoms with Gasteiger partial charge in [0, 0.05) is 12.1 Å². The molecular weight excluding hydrogens is 196 g/mol. The summed E-state index contributed by atoms with van der Waals surface area (Å²) in [7, 11) is 0. The van der Waals surface area contributed by atoms with Gasteiger partial charge < -0.3 is 0 Å². The van der Waals surface area contributed by atoms with Crippen molar-refractivity contribution in [2.75, 3.05) is 0 Å². The van der Waals surface area contributed by atoms with Crippen LogP contribution in [0, 0.1) is 0 Å². The first-order valence-electron chi connectivity index (χ1n) is 5.29. The third-order valence-electron chi connectivity index (χ3n) is 2.67. The Morgan fingerprint density at radius 1 is 0.688 bits per heavy atom.